The van der Waals surface area contributed by atoms with Crippen molar-refractivity contribution in [3.63, 3.8) is 0 Å². The molecular formula is C11H17N3O2S2. The largest absolute Gasteiger partial charge is 0.388 e. The summed E-state index contributed by atoms with van der Waals surface area (Å²) < 4.78 is 26.9. The highest BCUT2D eigenvalue weighted by Gasteiger charge is 2.22. The second-order valence-electron chi connectivity index (χ2n) is 4.03. The van der Waals surface area contributed by atoms with E-state index in [2.05, 4.69) is 9.71 Å². The standard InChI is InChI=1S/C11H17N3O2S2/c1-3-5-8(2)14-18(15,16)9-6-4-7-13-10(9)11(12)17/h4,6-8,14H,3,5H2,1-2H3,(H2,12,17). The fourth-order valence-electron chi connectivity index (χ4n) is 1.61. The Hall–Kier alpha value is -1.05. The predicted molar refractivity (Wildman–Crippen MR) is 74.8 cm³/mol. The molecule has 0 aliphatic carbocycles. The number of nitrogens with two attached hydrogens (primary N) is 1. The van der Waals surface area contributed by atoms with E-state index in [-0.39, 0.29) is 21.6 Å². The molecule has 0 aliphatic rings. The van der Waals surface area contributed by atoms with E-state index < -0.39 is 10.0 Å². The summed E-state index contributed by atoms with van der Waals surface area (Å²) in [4.78, 5) is 3.91. The van der Waals surface area contributed by atoms with Crippen LogP contribution in [0.25, 0.3) is 0 Å². The third-order valence-electron chi connectivity index (χ3n) is 2.37. The second kappa shape index (κ2) is 6.21. The molecule has 3 N–H and O–H groups in total. The van der Waals surface area contributed by atoms with Gasteiger partial charge in [0.2, 0.25) is 10.0 Å². The zero-order chi connectivity index (χ0) is 13.8. The van der Waals surface area contributed by atoms with Crippen LogP contribution in [-0.4, -0.2) is 24.4 Å². The van der Waals surface area contributed by atoms with Gasteiger partial charge in [0, 0.05) is 12.2 Å². The zero-order valence-electron chi connectivity index (χ0n) is 10.4. The van der Waals surface area contributed by atoms with Crippen LogP contribution in [0.3, 0.4) is 0 Å². The van der Waals surface area contributed by atoms with E-state index in [9.17, 15) is 8.42 Å². The molecule has 0 aliphatic heterocycles. The normalized spacial score (nSPS) is 13.2. The summed E-state index contributed by atoms with van der Waals surface area (Å²) in [6.45, 7) is 3.81. The Morgan fingerprint density at radius 2 is 2.28 bits per heavy atom. The fourth-order valence-corrected chi connectivity index (χ4v) is 3.29. The molecule has 1 aromatic heterocycles. The Balaban J connectivity index is 3.09. The molecule has 1 heterocycles. The summed E-state index contributed by atoms with van der Waals surface area (Å²) in [6.07, 6.45) is 3.13. The molecule has 0 saturated heterocycles. The molecule has 100 valence electrons. The van der Waals surface area contributed by atoms with Crippen molar-refractivity contribution in [1.82, 2.24) is 9.71 Å². The minimum absolute atomic E-state index is 0.0282. The topological polar surface area (TPSA) is 85.1 Å². The number of hydrogen-bond donors (Lipinski definition) is 2. The lowest BCUT2D eigenvalue weighted by Gasteiger charge is -2.14. The highest BCUT2D eigenvalue weighted by atomic mass is 32.2. The van der Waals surface area contributed by atoms with Crippen molar-refractivity contribution >= 4 is 27.2 Å². The third kappa shape index (κ3) is 3.72. The minimum atomic E-state index is -3.64. The number of pyridine rings is 1. The number of rotatable bonds is 6. The lowest BCUT2D eigenvalue weighted by atomic mass is 10.2. The van der Waals surface area contributed by atoms with Crippen molar-refractivity contribution in [3.8, 4) is 0 Å². The Morgan fingerprint density at radius 3 is 2.83 bits per heavy atom. The predicted octanol–water partition coefficient (Wildman–Crippen LogP) is 1.18. The van der Waals surface area contributed by atoms with Gasteiger partial charge in [-0.25, -0.2) is 13.1 Å². The molecular weight excluding hydrogens is 270 g/mol. The van der Waals surface area contributed by atoms with E-state index in [1.54, 1.807) is 6.07 Å². The van der Waals surface area contributed by atoms with Crippen LogP contribution in [0.15, 0.2) is 23.2 Å². The molecule has 0 spiro atoms. The quantitative estimate of drug-likeness (QED) is 0.768. The van der Waals surface area contributed by atoms with Gasteiger partial charge < -0.3 is 5.73 Å². The van der Waals surface area contributed by atoms with Gasteiger partial charge in [0.1, 0.15) is 15.6 Å². The van der Waals surface area contributed by atoms with E-state index in [0.717, 1.165) is 12.8 Å². The molecule has 0 amide bonds. The van der Waals surface area contributed by atoms with Crippen LogP contribution in [0, 0.1) is 0 Å². The third-order valence-corrected chi connectivity index (χ3v) is 4.19. The molecule has 0 aromatic carbocycles. The van der Waals surface area contributed by atoms with Gasteiger partial charge in [0.25, 0.3) is 0 Å². The Kier molecular flexibility index (Phi) is 5.18. The van der Waals surface area contributed by atoms with Crippen LogP contribution in [0.1, 0.15) is 32.4 Å². The maximum atomic E-state index is 12.2. The molecule has 0 saturated carbocycles. The Morgan fingerprint density at radius 1 is 1.61 bits per heavy atom. The number of aromatic nitrogens is 1. The van der Waals surface area contributed by atoms with Crippen LogP contribution in [0.2, 0.25) is 0 Å². The van der Waals surface area contributed by atoms with Gasteiger partial charge in [-0.05, 0) is 25.5 Å². The molecule has 0 radical (unpaired) electrons. The Bertz CT molecular complexity index is 529. The van der Waals surface area contributed by atoms with Crippen LogP contribution >= 0.6 is 12.2 Å². The average Bonchev–Trinajstić information content (AvgIpc) is 2.28. The van der Waals surface area contributed by atoms with Gasteiger partial charge in [-0.1, -0.05) is 25.6 Å². The smallest absolute Gasteiger partial charge is 0.243 e. The van der Waals surface area contributed by atoms with Gasteiger partial charge in [-0.3, -0.25) is 4.98 Å². The summed E-state index contributed by atoms with van der Waals surface area (Å²) in [6, 6.07) is 2.85. The van der Waals surface area contributed by atoms with E-state index in [0.29, 0.717) is 0 Å². The van der Waals surface area contributed by atoms with Gasteiger partial charge in [-0.15, -0.1) is 0 Å². The maximum Gasteiger partial charge on any atom is 0.243 e. The lowest BCUT2D eigenvalue weighted by Crippen LogP contribution is -2.34. The van der Waals surface area contributed by atoms with Crippen molar-refractivity contribution in [2.75, 3.05) is 0 Å². The van der Waals surface area contributed by atoms with E-state index >= 15 is 0 Å². The van der Waals surface area contributed by atoms with Crippen molar-refractivity contribution in [2.45, 2.75) is 37.6 Å². The second-order valence-corrected chi connectivity index (χ2v) is 6.15. The summed E-state index contributed by atoms with van der Waals surface area (Å²) in [7, 11) is -3.64. The van der Waals surface area contributed by atoms with Crippen molar-refractivity contribution in [1.29, 1.82) is 0 Å². The van der Waals surface area contributed by atoms with Crippen molar-refractivity contribution < 1.29 is 8.42 Å². The number of nitrogens with zero attached hydrogens (tertiary/aromatic N) is 1. The highest BCUT2D eigenvalue weighted by molar-refractivity contribution is 7.89. The molecule has 1 rings (SSSR count). The maximum absolute atomic E-state index is 12.2. The van der Waals surface area contributed by atoms with Crippen molar-refractivity contribution in [3.05, 3.63) is 24.0 Å². The summed E-state index contributed by atoms with van der Waals surface area (Å²) in [5.74, 6) is 0. The first-order chi connectivity index (χ1) is 8.38. The van der Waals surface area contributed by atoms with Crippen LogP contribution in [0.5, 0.6) is 0 Å². The van der Waals surface area contributed by atoms with Gasteiger partial charge in [-0.2, -0.15) is 0 Å². The fraction of sp³-hybridized carbons (Fsp3) is 0.455. The molecule has 0 bridgehead atoms. The highest BCUT2D eigenvalue weighted by Crippen LogP contribution is 2.14. The molecule has 7 heteroatoms. The monoisotopic (exact) mass is 287 g/mol. The van der Waals surface area contributed by atoms with Crippen LogP contribution in [0.4, 0.5) is 0 Å². The summed E-state index contributed by atoms with van der Waals surface area (Å²) >= 11 is 4.81. The lowest BCUT2D eigenvalue weighted by molar-refractivity contribution is 0.543. The first kappa shape index (κ1) is 15.0. The first-order valence-corrected chi connectivity index (χ1v) is 7.54. The SMILES string of the molecule is CCCC(C)NS(=O)(=O)c1cccnc1C(N)=S. The molecule has 5 nitrogen and oxygen atoms in total. The Labute approximate surface area is 113 Å². The molecule has 0 fully saturated rings. The molecule has 18 heavy (non-hydrogen) atoms. The minimum Gasteiger partial charge on any atom is -0.388 e. The van der Waals surface area contributed by atoms with Gasteiger partial charge >= 0.3 is 0 Å². The van der Waals surface area contributed by atoms with E-state index in [1.165, 1.54) is 12.3 Å². The van der Waals surface area contributed by atoms with Gasteiger partial charge in [0.05, 0.1) is 0 Å². The number of sulfonamides is 1. The first-order valence-electron chi connectivity index (χ1n) is 5.65. The van der Waals surface area contributed by atoms with Crippen molar-refractivity contribution in [2.24, 2.45) is 5.73 Å². The molecule has 1 unspecified atom stereocenters. The molecule has 1 aromatic rings. The van der Waals surface area contributed by atoms with Crippen LogP contribution in [-0.2, 0) is 10.0 Å². The van der Waals surface area contributed by atoms with E-state index in [1.807, 2.05) is 13.8 Å². The number of hydrogen-bond acceptors (Lipinski definition) is 4. The summed E-state index contributed by atoms with van der Waals surface area (Å²) in [5.41, 5.74) is 5.61. The summed E-state index contributed by atoms with van der Waals surface area (Å²) in [5, 5.41) is 0. The number of thiocarbonyl (C=S) groups is 1. The average molecular weight is 287 g/mol. The van der Waals surface area contributed by atoms with Gasteiger partial charge in [0.15, 0.2) is 0 Å². The zero-order valence-corrected chi connectivity index (χ0v) is 12.0. The number of nitrogens with one attached hydrogen (secondary N) is 1. The van der Waals surface area contributed by atoms with E-state index in [4.69, 9.17) is 18.0 Å². The van der Waals surface area contributed by atoms with Crippen LogP contribution < -0.4 is 10.5 Å². The molecule has 1 atom stereocenters.